The Hall–Kier alpha value is -2.23. The number of benzene rings is 2. The van der Waals surface area contributed by atoms with Crippen LogP contribution >= 0.6 is 15.9 Å². The maximum Gasteiger partial charge on any atom is 0.389 e. The van der Waals surface area contributed by atoms with Gasteiger partial charge in [0.1, 0.15) is 0 Å². The first-order valence-electron chi connectivity index (χ1n) is 6.08. The summed E-state index contributed by atoms with van der Waals surface area (Å²) in [7, 11) is 0. The van der Waals surface area contributed by atoms with E-state index < -0.39 is 0 Å². The molecule has 3 rings (SSSR count). The number of carbonyl (C=O) groups is 1. The minimum absolute atomic E-state index is 0.0808. The standard InChI is InChI=1S/C15H10BrN3O/c16-11-6-7-13-12(8-11)14(18-17)15(20)19(13)9-10-4-2-1-3-5-10/h1-8H,9H2. The van der Waals surface area contributed by atoms with Crippen LogP contribution in [0, 0.1) is 0 Å². The van der Waals surface area contributed by atoms with Crippen LogP contribution in [-0.4, -0.2) is 16.4 Å². The van der Waals surface area contributed by atoms with Gasteiger partial charge in [0.2, 0.25) is 0 Å². The summed E-state index contributed by atoms with van der Waals surface area (Å²) in [5.74, 6) is -0.288. The number of rotatable bonds is 2. The Balaban J connectivity index is 2.06. The van der Waals surface area contributed by atoms with Crippen LogP contribution in [0.2, 0.25) is 0 Å². The highest BCUT2D eigenvalue weighted by atomic mass is 79.9. The molecule has 0 atom stereocenters. The molecule has 0 spiro atoms. The lowest BCUT2D eigenvalue weighted by Crippen LogP contribution is -2.29. The molecule has 4 nitrogen and oxygen atoms in total. The van der Waals surface area contributed by atoms with E-state index in [1.54, 1.807) is 11.0 Å². The smallest absolute Gasteiger partial charge is 0.361 e. The van der Waals surface area contributed by atoms with Gasteiger partial charge in [-0.25, -0.2) is 0 Å². The highest BCUT2D eigenvalue weighted by Crippen LogP contribution is 2.32. The van der Waals surface area contributed by atoms with E-state index >= 15 is 0 Å². The average Bonchev–Trinajstić information content (AvgIpc) is 2.71. The zero-order valence-electron chi connectivity index (χ0n) is 10.5. The molecule has 0 fully saturated rings. The predicted octanol–water partition coefficient (Wildman–Crippen LogP) is 3.01. The summed E-state index contributed by atoms with van der Waals surface area (Å²) in [6.45, 7) is 0.452. The van der Waals surface area contributed by atoms with E-state index in [0.29, 0.717) is 12.1 Å². The number of fused-ring (bicyclic) bond motifs is 1. The Morgan fingerprint density at radius 2 is 1.90 bits per heavy atom. The molecule has 5 heteroatoms. The van der Waals surface area contributed by atoms with Crippen LogP contribution in [0.3, 0.4) is 0 Å². The molecule has 0 radical (unpaired) electrons. The molecule has 20 heavy (non-hydrogen) atoms. The Morgan fingerprint density at radius 3 is 2.60 bits per heavy atom. The minimum atomic E-state index is -0.288. The summed E-state index contributed by atoms with van der Waals surface area (Å²) in [5, 5.41) is 0. The number of anilines is 1. The van der Waals surface area contributed by atoms with Crippen LogP contribution in [-0.2, 0) is 11.3 Å². The number of amides is 1. The fourth-order valence-electron chi connectivity index (χ4n) is 2.31. The van der Waals surface area contributed by atoms with Crippen molar-refractivity contribution in [1.29, 1.82) is 0 Å². The molecule has 1 amide bonds. The topological polar surface area (TPSA) is 56.7 Å². The fourth-order valence-corrected chi connectivity index (χ4v) is 2.67. The highest BCUT2D eigenvalue weighted by Gasteiger charge is 2.40. The molecule has 0 unspecified atom stereocenters. The first-order valence-corrected chi connectivity index (χ1v) is 6.88. The molecule has 0 saturated carbocycles. The van der Waals surface area contributed by atoms with Crippen LogP contribution in [0.15, 0.2) is 53.0 Å². The van der Waals surface area contributed by atoms with E-state index in [-0.39, 0.29) is 11.6 Å². The van der Waals surface area contributed by atoms with Crippen molar-refractivity contribution in [3.63, 3.8) is 0 Å². The van der Waals surface area contributed by atoms with Crippen LogP contribution in [0.25, 0.3) is 5.53 Å². The van der Waals surface area contributed by atoms with Crippen molar-refractivity contribution in [3.8, 4) is 0 Å². The monoisotopic (exact) mass is 327 g/mol. The summed E-state index contributed by atoms with van der Waals surface area (Å²) in [6, 6.07) is 15.2. The van der Waals surface area contributed by atoms with E-state index in [2.05, 4.69) is 20.7 Å². The van der Waals surface area contributed by atoms with Crippen molar-refractivity contribution in [2.24, 2.45) is 0 Å². The third kappa shape index (κ3) is 2.07. The maximum atomic E-state index is 12.3. The molecular formula is C15H10BrN3O. The van der Waals surface area contributed by atoms with Crippen molar-refractivity contribution in [2.45, 2.75) is 6.54 Å². The second-order valence-electron chi connectivity index (χ2n) is 4.49. The maximum absolute atomic E-state index is 12.3. The van der Waals surface area contributed by atoms with Gasteiger partial charge in [0.05, 0.1) is 17.8 Å². The van der Waals surface area contributed by atoms with Crippen molar-refractivity contribution in [3.05, 3.63) is 69.7 Å². The molecule has 1 aliphatic heterocycles. The fraction of sp³-hybridized carbons (Fsp3) is 0.0667. The zero-order chi connectivity index (χ0) is 14.1. The molecular weight excluding hydrogens is 318 g/mol. The van der Waals surface area contributed by atoms with Gasteiger partial charge < -0.3 is 5.53 Å². The summed E-state index contributed by atoms with van der Waals surface area (Å²) in [5.41, 5.74) is 11.6. The number of hydrogen-bond acceptors (Lipinski definition) is 1. The van der Waals surface area contributed by atoms with E-state index in [4.69, 9.17) is 5.53 Å². The molecule has 0 bridgehead atoms. The van der Waals surface area contributed by atoms with Crippen LogP contribution < -0.4 is 4.90 Å². The molecule has 0 saturated heterocycles. The van der Waals surface area contributed by atoms with Gasteiger partial charge in [-0.05, 0) is 23.8 Å². The molecule has 0 aliphatic carbocycles. The lowest BCUT2D eigenvalue weighted by molar-refractivity contribution is -0.116. The molecule has 2 aromatic rings. The van der Waals surface area contributed by atoms with Gasteiger partial charge in [-0.15, -0.1) is 0 Å². The van der Waals surface area contributed by atoms with Gasteiger partial charge in [-0.3, -0.25) is 9.69 Å². The van der Waals surface area contributed by atoms with Crippen LogP contribution in [0.1, 0.15) is 11.1 Å². The summed E-state index contributed by atoms with van der Waals surface area (Å²) in [6.07, 6.45) is 0. The van der Waals surface area contributed by atoms with Gasteiger partial charge in [-0.1, -0.05) is 46.3 Å². The van der Waals surface area contributed by atoms with Crippen molar-refractivity contribution < 1.29 is 9.58 Å². The Bertz CT molecular complexity index is 736. The van der Waals surface area contributed by atoms with Gasteiger partial charge in [0, 0.05) is 4.47 Å². The highest BCUT2D eigenvalue weighted by molar-refractivity contribution is 9.10. The summed E-state index contributed by atoms with van der Waals surface area (Å²) >= 11 is 3.36. The molecule has 0 N–H and O–H groups in total. The molecule has 2 aromatic carbocycles. The Morgan fingerprint density at radius 1 is 1.15 bits per heavy atom. The second-order valence-corrected chi connectivity index (χ2v) is 5.40. The first kappa shape index (κ1) is 12.8. The van der Waals surface area contributed by atoms with Gasteiger partial charge in [-0.2, -0.15) is 4.79 Å². The predicted molar refractivity (Wildman–Crippen MR) is 79.5 cm³/mol. The summed E-state index contributed by atoms with van der Waals surface area (Å²) in [4.78, 5) is 17.1. The number of halogens is 1. The number of carbonyl (C=O) groups excluding carboxylic acids is 1. The average molecular weight is 328 g/mol. The normalized spacial score (nSPS) is 13.3. The van der Waals surface area contributed by atoms with Crippen molar-refractivity contribution >= 4 is 33.2 Å². The van der Waals surface area contributed by atoms with E-state index in [1.807, 2.05) is 42.5 Å². The SMILES string of the molecule is [N-]=[N+]=C1C(=O)N(Cc2ccccc2)c2ccc(Br)cc21. The van der Waals surface area contributed by atoms with Gasteiger partial charge in [0.15, 0.2) is 0 Å². The van der Waals surface area contributed by atoms with E-state index in [9.17, 15) is 4.79 Å². The van der Waals surface area contributed by atoms with E-state index in [1.165, 1.54) is 0 Å². The van der Waals surface area contributed by atoms with Crippen molar-refractivity contribution in [1.82, 2.24) is 0 Å². The third-order valence-corrected chi connectivity index (χ3v) is 3.73. The van der Waals surface area contributed by atoms with Crippen LogP contribution in [0.4, 0.5) is 5.69 Å². The lowest BCUT2D eigenvalue weighted by Gasteiger charge is -2.15. The number of hydrogen-bond donors (Lipinski definition) is 0. The molecule has 0 aromatic heterocycles. The quantitative estimate of drug-likeness (QED) is 0.617. The lowest BCUT2D eigenvalue weighted by atomic mass is 10.1. The Labute approximate surface area is 124 Å². The molecule has 1 aliphatic rings. The Kier molecular flexibility index (Phi) is 3.22. The first-order chi connectivity index (χ1) is 9.70. The largest absolute Gasteiger partial charge is 0.389 e. The molecule has 98 valence electrons. The second kappa shape index (κ2) is 5.04. The van der Waals surface area contributed by atoms with Crippen molar-refractivity contribution in [2.75, 3.05) is 4.90 Å². The van der Waals surface area contributed by atoms with Gasteiger partial charge in [0.25, 0.3) is 0 Å². The minimum Gasteiger partial charge on any atom is -0.361 e. The number of nitrogens with zero attached hydrogens (tertiary/aromatic N) is 3. The molecule has 1 heterocycles. The van der Waals surface area contributed by atoms with E-state index in [0.717, 1.165) is 15.7 Å². The summed E-state index contributed by atoms with van der Waals surface area (Å²) < 4.78 is 0.840. The van der Waals surface area contributed by atoms with Crippen LogP contribution in [0.5, 0.6) is 0 Å². The zero-order valence-corrected chi connectivity index (χ0v) is 12.0. The van der Waals surface area contributed by atoms with Gasteiger partial charge >= 0.3 is 11.6 Å². The third-order valence-electron chi connectivity index (χ3n) is 3.24.